The van der Waals surface area contributed by atoms with Crippen molar-refractivity contribution in [1.82, 2.24) is 0 Å². The van der Waals surface area contributed by atoms with Gasteiger partial charge in [-0.15, -0.1) is 0 Å². The molecule has 0 fully saturated rings. The molecule has 0 amide bonds. The highest BCUT2D eigenvalue weighted by molar-refractivity contribution is 6.13. The number of benzene rings is 3. The van der Waals surface area contributed by atoms with E-state index in [4.69, 9.17) is 44.2 Å². The lowest BCUT2D eigenvalue weighted by Gasteiger charge is -2.09. The third-order valence-corrected chi connectivity index (χ3v) is 6.24. The molecule has 0 saturated carbocycles. The SMILES string of the molecule is Oc1c(O)c2oc(-c3ccc(-c4coc5c6occoc6c6occoc6c5o4)cc3)coc2c2occoc12. The third-order valence-electron chi connectivity index (χ3n) is 6.24. The van der Waals surface area contributed by atoms with Crippen molar-refractivity contribution < 1.29 is 54.4 Å². The van der Waals surface area contributed by atoms with Gasteiger partial charge in [0.1, 0.15) is 50.1 Å². The van der Waals surface area contributed by atoms with E-state index in [1.165, 1.54) is 50.1 Å². The predicted molar refractivity (Wildman–Crippen MR) is 135 cm³/mol. The molecule has 5 aromatic heterocycles. The van der Waals surface area contributed by atoms with Gasteiger partial charge in [-0.05, 0) is 0 Å². The number of fused-ring (bicyclic) bond motifs is 9. The monoisotopic (exact) mass is 542 g/mol. The topological polar surface area (TPSA) is 172 Å². The second kappa shape index (κ2) is 8.23. The van der Waals surface area contributed by atoms with Gasteiger partial charge in [0.25, 0.3) is 0 Å². The summed E-state index contributed by atoms with van der Waals surface area (Å²) in [4.78, 5) is 0. The molecule has 3 aromatic carbocycles. The van der Waals surface area contributed by atoms with Crippen LogP contribution in [0.1, 0.15) is 0 Å². The summed E-state index contributed by atoms with van der Waals surface area (Å²) in [6, 6.07) is 7.04. The van der Waals surface area contributed by atoms with Crippen molar-refractivity contribution in [2.45, 2.75) is 0 Å². The summed E-state index contributed by atoms with van der Waals surface area (Å²) < 4.78 is 56.7. The van der Waals surface area contributed by atoms with Gasteiger partial charge in [0.2, 0.25) is 67.3 Å². The van der Waals surface area contributed by atoms with Gasteiger partial charge in [-0.1, -0.05) is 24.3 Å². The first-order valence-corrected chi connectivity index (χ1v) is 11.7. The minimum absolute atomic E-state index is 0.0584. The van der Waals surface area contributed by atoms with Crippen molar-refractivity contribution in [3.63, 3.8) is 0 Å². The lowest BCUT2D eigenvalue weighted by Crippen LogP contribution is -1.86. The van der Waals surface area contributed by atoms with E-state index in [9.17, 15) is 10.2 Å². The quantitative estimate of drug-likeness (QED) is 0.157. The van der Waals surface area contributed by atoms with Crippen LogP contribution in [0.3, 0.4) is 0 Å². The second-order valence-corrected chi connectivity index (χ2v) is 8.49. The Labute approximate surface area is 219 Å². The summed E-state index contributed by atoms with van der Waals surface area (Å²) in [5.74, 6) is -0.445. The Morgan fingerprint density at radius 2 is 0.675 bits per heavy atom. The lowest BCUT2D eigenvalue weighted by atomic mass is 10.1. The highest BCUT2D eigenvalue weighted by Gasteiger charge is 2.23. The summed E-state index contributed by atoms with van der Waals surface area (Å²) >= 11 is 0. The van der Waals surface area contributed by atoms with Crippen LogP contribution in [-0.4, -0.2) is 10.2 Å². The molecule has 0 aliphatic carbocycles. The van der Waals surface area contributed by atoms with Gasteiger partial charge in [0.05, 0.1) is 0 Å². The van der Waals surface area contributed by atoms with Crippen LogP contribution >= 0.6 is 0 Å². The van der Waals surface area contributed by atoms with Crippen LogP contribution in [0, 0.1) is 0 Å². The molecule has 0 spiro atoms. The predicted octanol–water partition coefficient (Wildman–Crippen LogP) is 8.94. The zero-order valence-electron chi connectivity index (χ0n) is 19.9. The zero-order valence-corrected chi connectivity index (χ0v) is 19.9. The Balaban J connectivity index is 1.24. The molecule has 0 aliphatic heterocycles. The van der Waals surface area contributed by atoms with E-state index in [1.807, 2.05) is 0 Å². The van der Waals surface area contributed by atoms with Gasteiger partial charge in [-0.3, -0.25) is 0 Å². The van der Waals surface area contributed by atoms with E-state index >= 15 is 0 Å². The molecule has 12 heteroatoms. The number of aromatic hydroxyl groups is 2. The van der Waals surface area contributed by atoms with Gasteiger partial charge in [0, 0.05) is 11.1 Å². The molecule has 40 heavy (non-hydrogen) atoms. The Hall–Kier alpha value is -6.04. The lowest BCUT2D eigenvalue weighted by molar-refractivity contribution is 0.386. The Kier molecular flexibility index (Phi) is 4.52. The first kappa shape index (κ1) is 22.0. The van der Waals surface area contributed by atoms with Gasteiger partial charge in [0.15, 0.2) is 11.5 Å². The van der Waals surface area contributed by atoms with Gasteiger partial charge < -0.3 is 54.4 Å². The fraction of sp³-hybridized carbons (Fsp3) is 0. The molecule has 0 unspecified atom stereocenters. The molecule has 198 valence electrons. The summed E-state index contributed by atoms with van der Waals surface area (Å²) in [7, 11) is 0. The average Bonchev–Trinajstić information content (AvgIpc) is 3.03. The van der Waals surface area contributed by atoms with Crippen LogP contribution in [0.5, 0.6) is 11.5 Å². The number of hydrogen-bond acceptors (Lipinski definition) is 12. The fourth-order valence-electron chi connectivity index (χ4n) is 4.42. The Morgan fingerprint density at radius 1 is 0.350 bits per heavy atom. The van der Waals surface area contributed by atoms with E-state index in [2.05, 4.69) is 0 Å². The Morgan fingerprint density at radius 3 is 1.18 bits per heavy atom. The van der Waals surface area contributed by atoms with Crippen molar-refractivity contribution >= 4 is 55.8 Å². The van der Waals surface area contributed by atoms with Crippen molar-refractivity contribution in [2.24, 2.45) is 0 Å². The van der Waals surface area contributed by atoms with Crippen LogP contribution in [0.25, 0.3) is 78.5 Å². The summed E-state index contributed by atoms with van der Waals surface area (Å²) in [6.07, 6.45) is 10.7. The van der Waals surface area contributed by atoms with E-state index in [0.717, 1.165) is 0 Å². The second-order valence-electron chi connectivity index (χ2n) is 8.49. The molecule has 0 aliphatic rings. The summed E-state index contributed by atoms with van der Waals surface area (Å²) in [6.45, 7) is 0. The molecule has 0 bridgehead atoms. The van der Waals surface area contributed by atoms with Gasteiger partial charge >= 0.3 is 0 Å². The van der Waals surface area contributed by atoms with Crippen molar-refractivity contribution in [3.8, 4) is 34.1 Å². The number of phenols is 2. The largest absolute Gasteiger partial charge is 0.501 e. The molecular formula is C28H14O12. The van der Waals surface area contributed by atoms with Crippen LogP contribution in [0.15, 0.2) is 119 Å². The maximum atomic E-state index is 10.5. The Bertz CT molecular complexity index is 2270. The molecule has 0 radical (unpaired) electrons. The number of phenolic OH excluding ortho intramolecular Hbond substituents is 2. The van der Waals surface area contributed by atoms with Crippen molar-refractivity contribution in [1.29, 1.82) is 0 Å². The minimum Gasteiger partial charge on any atom is -0.501 e. The molecule has 8 rings (SSSR count). The van der Waals surface area contributed by atoms with Crippen molar-refractivity contribution in [2.75, 3.05) is 0 Å². The molecular weight excluding hydrogens is 528 g/mol. The van der Waals surface area contributed by atoms with Gasteiger partial charge in [-0.2, -0.15) is 0 Å². The molecule has 2 N–H and O–H groups in total. The van der Waals surface area contributed by atoms with E-state index < -0.39 is 11.5 Å². The van der Waals surface area contributed by atoms with E-state index in [0.29, 0.717) is 22.5 Å². The van der Waals surface area contributed by atoms with E-state index in [-0.39, 0.29) is 56.0 Å². The normalized spacial score (nSPS) is 11.7. The molecule has 12 nitrogen and oxygen atoms in total. The smallest absolute Gasteiger partial charge is 0.220 e. The highest BCUT2D eigenvalue weighted by Crippen LogP contribution is 2.43. The van der Waals surface area contributed by atoms with Crippen LogP contribution < -0.4 is 0 Å². The fourth-order valence-corrected chi connectivity index (χ4v) is 4.42. The first-order valence-electron chi connectivity index (χ1n) is 11.7. The average molecular weight is 542 g/mol. The first-order chi connectivity index (χ1) is 19.7. The maximum Gasteiger partial charge on any atom is 0.220 e. The maximum absolute atomic E-state index is 10.5. The standard InChI is InChI=1S/C28H14O12/c29-17-18(30)20-22(21-19(17)31-5-6-32-21)37-11-15(39-20)13-1-3-14(4-2-13)16-12-38-27-25-23(33-7-8-35-25)24-26(28(27)40-16)36-10-9-34-24/h1-12,29-30H. The number of rotatable bonds is 2. The van der Waals surface area contributed by atoms with Gasteiger partial charge in [-0.25, -0.2) is 0 Å². The summed E-state index contributed by atoms with van der Waals surface area (Å²) in [5.41, 5.74) is 2.84. The minimum atomic E-state index is -0.553. The summed E-state index contributed by atoms with van der Waals surface area (Å²) in [5, 5.41) is 20.8. The van der Waals surface area contributed by atoms with E-state index in [1.54, 1.807) is 24.3 Å². The van der Waals surface area contributed by atoms with Crippen LogP contribution in [0.4, 0.5) is 0 Å². The van der Waals surface area contributed by atoms with Crippen LogP contribution in [0.2, 0.25) is 0 Å². The molecule has 5 heterocycles. The molecule has 0 atom stereocenters. The van der Waals surface area contributed by atoms with Crippen molar-refractivity contribution in [3.05, 3.63) is 74.4 Å². The third kappa shape index (κ3) is 3.13. The zero-order chi connectivity index (χ0) is 26.8. The van der Waals surface area contributed by atoms with Crippen LogP contribution in [-0.2, 0) is 0 Å². The molecule has 8 aromatic rings. The molecule has 0 saturated heterocycles. The highest BCUT2D eigenvalue weighted by atomic mass is 16.4. The number of hydrogen-bond donors (Lipinski definition) is 2.